The van der Waals surface area contributed by atoms with Crippen molar-refractivity contribution in [1.82, 2.24) is 29.5 Å². The number of halogens is 1. The van der Waals surface area contributed by atoms with E-state index in [0.717, 1.165) is 23.2 Å². The zero-order valence-corrected chi connectivity index (χ0v) is 18.7. The molecule has 0 aliphatic carbocycles. The maximum atomic E-state index is 13.9. The molecule has 0 unspecified atom stereocenters. The minimum atomic E-state index is -0.357. The minimum Gasteiger partial charge on any atom is -0.289 e. The molecule has 5 aromatic rings. The van der Waals surface area contributed by atoms with E-state index in [4.69, 9.17) is 4.98 Å². The van der Waals surface area contributed by atoms with Crippen molar-refractivity contribution in [3.63, 3.8) is 0 Å². The van der Waals surface area contributed by atoms with Gasteiger partial charge in [0.25, 0.3) is 5.91 Å². The van der Waals surface area contributed by atoms with E-state index in [1.165, 1.54) is 17.1 Å². The van der Waals surface area contributed by atoms with Gasteiger partial charge in [-0.05, 0) is 32.0 Å². The van der Waals surface area contributed by atoms with Crippen molar-refractivity contribution >= 4 is 22.8 Å². The summed E-state index contributed by atoms with van der Waals surface area (Å²) in [6.45, 7) is 4.88. The van der Waals surface area contributed by atoms with Crippen molar-refractivity contribution in [1.29, 1.82) is 0 Å². The molecule has 170 valence electrons. The van der Waals surface area contributed by atoms with Crippen LogP contribution in [0, 0.1) is 12.7 Å². The van der Waals surface area contributed by atoms with E-state index in [1.807, 2.05) is 49.0 Å². The van der Waals surface area contributed by atoms with Crippen LogP contribution < -0.4 is 5.32 Å². The van der Waals surface area contributed by atoms with Gasteiger partial charge in [0.15, 0.2) is 0 Å². The number of para-hydroxylation sites is 1. The Morgan fingerprint density at radius 2 is 1.85 bits per heavy atom. The lowest BCUT2D eigenvalue weighted by Gasteiger charge is -2.09. The van der Waals surface area contributed by atoms with Gasteiger partial charge in [-0.25, -0.2) is 19.0 Å². The Hall–Kier alpha value is -4.40. The largest absolute Gasteiger partial charge is 0.289 e. The summed E-state index contributed by atoms with van der Waals surface area (Å²) in [6, 6.07) is 15.7. The number of nitrogens with zero attached hydrogens (tertiary/aromatic N) is 6. The topological polar surface area (TPSA) is 90.5 Å². The summed E-state index contributed by atoms with van der Waals surface area (Å²) in [6.07, 6.45) is 3.39. The molecule has 0 saturated carbocycles. The van der Waals surface area contributed by atoms with Crippen molar-refractivity contribution in [2.45, 2.75) is 26.9 Å². The molecule has 1 amide bonds. The van der Waals surface area contributed by atoms with Crippen LogP contribution in [0.3, 0.4) is 0 Å². The molecule has 0 aliphatic rings. The molecule has 3 aromatic heterocycles. The van der Waals surface area contributed by atoms with Gasteiger partial charge in [-0.15, -0.1) is 5.10 Å². The Morgan fingerprint density at radius 1 is 1.06 bits per heavy atom. The molecule has 34 heavy (non-hydrogen) atoms. The van der Waals surface area contributed by atoms with Gasteiger partial charge >= 0.3 is 0 Å². The van der Waals surface area contributed by atoms with Crippen molar-refractivity contribution < 1.29 is 9.18 Å². The van der Waals surface area contributed by atoms with Crippen LogP contribution in [0.15, 0.2) is 67.1 Å². The van der Waals surface area contributed by atoms with Gasteiger partial charge in [0.2, 0.25) is 5.95 Å². The van der Waals surface area contributed by atoms with Gasteiger partial charge in [0.1, 0.15) is 12.1 Å². The molecule has 0 atom stereocenters. The minimum absolute atomic E-state index is 0.138. The molecule has 0 saturated heterocycles. The first-order valence-electron chi connectivity index (χ1n) is 10.9. The van der Waals surface area contributed by atoms with E-state index >= 15 is 0 Å². The third kappa shape index (κ3) is 4.15. The van der Waals surface area contributed by atoms with Gasteiger partial charge < -0.3 is 0 Å². The molecule has 0 spiro atoms. The average molecular weight is 455 g/mol. The van der Waals surface area contributed by atoms with Gasteiger partial charge in [-0.2, -0.15) is 5.10 Å². The standard InChI is InChI=1S/C25H22FN7O/c1-3-32-14-20(16(2)30-32)23-12-19(18-9-5-7-11-22(18)28-23)24(34)29-25-27-15-33(31-25)13-17-8-4-6-10-21(17)26/h4-12,14-15H,3,13H2,1-2H3,(H,29,31,34). The number of aromatic nitrogens is 6. The van der Waals surface area contributed by atoms with E-state index < -0.39 is 0 Å². The Labute approximate surface area is 195 Å². The number of fused-ring (bicyclic) bond motifs is 1. The molecule has 0 radical (unpaired) electrons. The van der Waals surface area contributed by atoms with Crippen molar-refractivity contribution in [2.75, 3.05) is 5.32 Å². The van der Waals surface area contributed by atoms with Crippen LogP contribution in [0.25, 0.3) is 22.2 Å². The van der Waals surface area contributed by atoms with Crippen molar-refractivity contribution in [3.8, 4) is 11.3 Å². The lowest BCUT2D eigenvalue weighted by atomic mass is 10.0. The SMILES string of the molecule is CCn1cc(-c2cc(C(=O)Nc3ncn(Cc4ccccc4F)n3)c3ccccc3n2)c(C)n1. The van der Waals surface area contributed by atoms with Crippen LogP contribution in [0.5, 0.6) is 0 Å². The summed E-state index contributed by atoms with van der Waals surface area (Å²) < 4.78 is 17.3. The number of benzene rings is 2. The first-order chi connectivity index (χ1) is 16.5. The summed E-state index contributed by atoms with van der Waals surface area (Å²) >= 11 is 0. The van der Waals surface area contributed by atoms with Crippen LogP contribution >= 0.6 is 0 Å². The zero-order chi connectivity index (χ0) is 23.7. The van der Waals surface area contributed by atoms with Crippen LogP contribution in [-0.2, 0) is 13.1 Å². The first-order valence-corrected chi connectivity index (χ1v) is 10.9. The van der Waals surface area contributed by atoms with Gasteiger partial charge in [-0.3, -0.25) is 14.8 Å². The molecular formula is C25H22FN7O. The summed E-state index contributed by atoms with van der Waals surface area (Å²) in [5.41, 5.74) is 4.01. The molecule has 9 heteroatoms. The number of hydrogen-bond acceptors (Lipinski definition) is 5. The quantitative estimate of drug-likeness (QED) is 0.408. The van der Waals surface area contributed by atoms with Crippen LogP contribution in [0.2, 0.25) is 0 Å². The second-order valence-electron chi connectivity index (χ2n) is 7.87. The highest BCUT2D eigenvalue weighted by atomic mass is 19.1. The zero-order valence-electron chi connectivity index (χ0n) is 18.7. The number of amides is 1. The maximum Gasteiger partial charge on any atom is 0.258 e. The van der Waals surface area contributed by atoms with E-state index in [9.17, 15) is 9.18 Å². The third-order valence-corrected chi connectivity index (χ3v) is 5.56. The number of carbonyl (C=O) groups excluding carboxylic acids is 1. The highest BCUT2D eigenvalue weighted by Gasteiger charge is 2.18. The van der Waals surface area contributed by atoms with Crippen LogP contribution in [0.1, 0.15) is 28.5 Å². The van der Waals surface area contributed by atoms with Gasteiger partial charge in [-0.1, -0.05) is 36.4 Å². The van der Waals surface area contributed by atoms with Gasteiger partial charge in [0.05, 0.1) is 29.0 Å². The predicted octanol–water partition coefficient (Wildman–Crippen LogP) is 4.46. The molecule has 0 aliphatic heterocycles. The van der Waals surface area contributed by atoms with Crippen molar-refractivity contribution in [2.24, 2.45) is 0 Å². The van der Waals surface area contributed by atoms with Crippen molar-refractivity contribution in [3.05, 3.63) is 89.8 Å². The number of pyridine rings is 1. The lowest BCUT2D eigenvalue weighted by Crippen LogP contribution is -2.14. The summed E-state index contributed by atoms with van der Waals surface area (Å²) in [5, 5.41) is 12.3. The summed E-state index contributed by atoms with van der Waals surface area (Å²) in [7, 11) is 0. The van der Waals surface area contributed by atoms with Gasteiger partial charge in [0, 0.05) is 29.3 Å². The summed E-state index contributed by atoms with van der Waals surface area (Å²) in [5.74, 6) is -0.538. The Balaban J connectivity index is 1.46. The van der Waals surface area contributed by atoms with E-state index in [-0.39, 0.29) is 24.2 Å². The average Bonchev–Trinajstić information content (AvgIpc) is 3.45. The van der Waals surface area contributed by atoms with Crippen LogP contribution in [0.4, 0.5) is 10.3 Å². The molecule has 1 N–H and O–H groups in total. The first kappa shape index (κ1) is 21.4. The molecular weight excluding hydrogens is 433 g/mol. The molecule has 3 heterocycles. The van der Waals surface area contributed by atoms with E-state index in [2.05, 4.69) is 20.5 Å². The van der Waals surface area contributed by atoms with Crippen LogP contribution in [-0.4, -0.2) is 35.4 Å². The second-order valence-corrected chi connectivity index (χ2v) is 7.87. The molecule has 5 rings (SSSR count). The Bertz CT molecular complexity index is 1500. The third-order valence-electron chi connectivity index (χ3n) is 5.56. The number of aryl methyl sites for hydroxylation is 2. The predicted molar refractivity (Wildman–Crippen MR) is 127 cm³/mol. The molecule has 2 aromatic carbocycles. The van der Waals surface area contributed by atoms with E-state index in [1.54, 1.807) is 24.3 Å². The number of anilines is 1. The number of rotatable bonds is 6. The number of carbonyl (C=O) groups is 1. The van der Waals surface area contributed by atoms with E-state index in [0.29, 0.717) is 22.3 Å². The lowest BCUT2D eigenvalue weighted by molar-refractivity contribution is 0.102. The fourth-order valence-corrected chi connectivity index (χ4v) is 3.83. The fourth-order valence-electron chi connectivity index (χ4n) is 3.83. The second kappa shape index (κ2) is 8.86. The molecule has 0 fully saturated rings. The monoisotopic (exact) mass is 455 g/mol. The number of hydrogen-bond donors (Lipinski definition) is 1. The normalized spacial score (nSPS) is 11.1. The maximum absolute atomic E-state index is 13.9. The smallest absolute Gasteiger partial charge is 0.258 e. The molecule has 8 nitrogen and oxygen atoms in total. The fraction of sp³-hybridized carbons (Fsp3) is 0.160. The number of nitrogens with one attached hydrogen (secondary N) is 1. The summed E-state index contributed by atoms with van der Waals surface area (Å²) in [4.78, 5) is 22.2. The Morgan fingerprint density at radius 3 is 2.65 bits per heavy atom. The highest BCUT2D eigenvalue weighted by Crippen LogP contribution is 2.27. The Kier molecular flexibility index (Phi) is 5.59. The highest BCUT2D eigenvalue weighted by molar-refractivity contribution is 6.12. The molecule has 0 bridgehead atoms.